The van der Waals surface area contributed by atoms with Gasteiger partial charge in [0, 0.05) is 10.7 Å². The third-order valence-electron chi connectivity index (χ3n) is 3.54. The van der Waals surface area contributed by atoms with Crippen molar-refractivity contribution in [1.29, 1.82) is 0 Å². The normalized spacial score (nSPS) is 14.9. The van der Waals surface area contributed by atoms with Gasteiger partial charge in [0.1, 0.15) is 5.41 Å². The molecule has 0 saturated carbocycles. The van der Waals surface area contributed by atoms with Crippen molar-refractivity contribution < 1.29 is 22.7 Å². The van der Waals surface area contributed by atoms with Gasteiger partial charge in [-0.05, 0) is 38.5 Å². The Hall–Kier alpha value is -1.47. The number of sulfone groups is 1. The molecular formula is C16H19BrO5S. The zero-order chi connectivity index (χ0) is 17.7. The van der Waals surface area contributed by atoms with Crippen LogP contribution in [0.1, 0.15) is 20.8 Å². The van der Waals surface area contributed by atoms with E-state index in [1.165, 1.54) is 26.0 Å². The number of esters is 1. The molecule has 7 heteroatoms. The number of carbonyl (C=O) groups excluding carboxylic acids is 2. The van der Waals surface area contributed by atoms with Crippen molar-refractivity contribution in [3.8, 4) is 0 Å². The summed E-state index contributed by atoms with van der Waals surface area (Å²) in [7, 11) is -3.79. The third-order valence-corrected chi connectivity index (χ3v) is 5.67. The summed E-state index contributed by atoms with van der Waals surface area (Å²) >= 11 is 3.17. The lowest BCUT2D eigenvalue weighted by molar-refractivity contribution is -0.155. The van der Waals surface area contributed by atoms with E-state index in [1.807, 2.05) is 0 Å². The van der Waals surface area contributed by atoms with E-state index in [2.05, 4.69) is 15.9 Å². The minimum Gasteiger partial charge on any atom is -0.465 e. The topological polar surface area (TPSA) is 77.5 Å². The summed E-state index contributed by atoms with van der Waals surface area (Å²) in [6.07, 6.45) is 0. The minimum atomic E-state index is -3.79. The zero-order valence-corrected chi connectivity index (χ0v) is 15.6. The van der Waals surface area contributed by atoms with Crippen molar-refractivity contribution in [1.82, 2.24) is 0 Å². The molecule has 5 nitrogen and oxygen atoms in total. The molecule has 0 heterocycles. The van der Waals surface area contributed by atoms with Crippen LogP contribution >= 0.6 is 15.9 Å². The Bertz CT molecular complexity index is 709. The van der Waals surface area contributed by atoms with E-state index in [9.17, 15) is 18.0 Å². The number of ether oxygens (including phenoxy) is 1. The van der Waals surface area contributed by atoms with Crippen LogP contribution in [0.2, 0.25) is 0 Å². The third kappa shape index (κ3) is 4.29. The SMILES string of the molecule is CCOC(=O)[C@](C)(C(C)=O)/C(=C/S(=O)(=O)c1ccccc1)CBr. The Balaban J connectivity index is 3.44. The lowest BCUT2D eigenvalue weighted by Crippen LogP contribution is -2.39. The molecule has 0 bridgehead atoms. The number of benzene rings is 1. The average molecular weight is 403 g/mol. The Labute approximate surface area is 144 Å². The molecule has 0 unspecified atom stereocenters. The number of Topliss-reactive ketones (excluding diaryl/α,β-unsaturated/α-hetero) is 1. The number of alkyl halides is 1. The Morgan fingerprint density at radius 3 is 2.26 bits per heavy atom. The van der Waals surface area contributed by atoms with Crippen molar-refractivity contribution in [2.24, 2.45) is 5.41 Å². The summed E-state index contributed by atoms with van der Waals surface area (Å²) in [4.78, 5) is 24.4. The molecule has 1 atom stereocenters. The van der Waals surface area contributed by atoms with Gasteiger partial charge in [-0.2, -0.15) is 0 Å². The molecule has 23 heavy (non-hydrogen) atoms. The fourth-order valence-electron chi connectivity index (χ4n) is 1.92. The average Bonchev–Trinajstić information content (AvgIpc) is 2.52. The van der Waals surface area contributed by atoms with E-state index in [1.54, 1.807) is 25.1 Å². The molecule has 0 amide bonds. The van der Waals surface area contributed by atoms with Gasteiger partial charge in [0.15, 0.2) is 15.6 Å². The lowest BCUT2D eigenvalue weighted by atomic mass is 9.80. The fraction of sp³-hybridized carbons (Fsp3) is 0.375. The molecule has 0 aromatic heterocycles. The number of rotatable bonds is 7. The highest BCUT2D eigenvalue weighted by molar-refractivity contribution is 9.09. The number of carbonyl (C=O) groups is 2. The molecule has 0 N–H and O–H groups in total. The van der Waals surface area contributed by atoms with Crippen molar-refractivity contribution in [3.63, 3.8) is 0 Å². The highest BCUT2D eigenvalue weighted by atomic mass is 79.9. The zero-order valence-electron chi connectivity index (χ0n) is 13.2. The number of ketones is 1. The second kappa shape index (κ2) is 7.88. The highest BCUT2D eigenvalue weighted by Crippen LogP contribution is 2.33. The summed E-state index contributed by atoms with van der Waals surface area (Å²) in [5.74, 6) is -1.24. The summed E-state index contributed by atoms with van der Waals surface area (Å²) < 4.78 is 29.9. The minimum absolute atomic E-state index is 0.0496. The first-order valence-electron chi connectivity index (χ1n) is 6.95. The van der Waals surface area contributed by atoms with Gasteiger partial charge in [0.05, 0.1) is 11.5 Å². The predicted octanol–water partition coefficient (Wildman–Crippen LogP) is 2.90. The van der Waals surface area contributed by atoms with Crippen molar-refractivity contribution in [3.05, 3.63) is 41.3 Å². The van der Waals surface area contributed by atoms with Crippen molar-refractivity contribution in [2.75, 3.05) is 11.9 Å². The van der Waals surface area contributed by atoms with E-state index < -0.39 is 27.0 Å². The fourth-order valence-corrected chi connectivity index (χ4v) is 4.23. The first kappa shape index (κ1) is 19.6. The molecular weight excluding hydrogens is 384 g/mol. The van der Waals surface area contributed by atoms with Crippen molar-refractivity contribution >= 4 is 37.5 Å². The Morgan fingerprint density at radius 2 is 1.83 bits per heavy atom. The van der Waals surface area contributed by atoms with Crippen LogP contribution in [0.15, 0.2) is 46.2 Å². The van der Waals surface area contributed by atoms with Crippen molar-refractivity contribution in [2.45, 2.75) is 25.7 Å². The van der Waals surface area contributed by atoms with Crippen LogP contribution < -0.4 is 0 Å². The number of hydrogen-bond acceptors (Lipinski definition) is 5. The summed E-state index contributed by atoms with van der Waals surface area (Å²) in [5, 5.41) is 1.02. The van der Waals surface area contributed by atoms with Crippen LogP contribution in [0.3, 0.4) is 0 Å². The van der Waals surface area contributed by atoms with Crippen LogP contribution in [-0.4, -0.2) is 32.1 Å². The molecule has 126 valence electrons. The van der Waals surface area contributed by atoms with Gasteiger partial charge in [0.25, 0.3) is 0 Å². The van der Waals surface area contributed by atoms with Gasteiger partial charge in [-0.1, -0.05) is 34.1 Å². The summed E-state index contributed by atoms with van der Waals surface area (Å²) in [6.45, 7) is 4.34. The molecule has 0 aliphatic heterocycles. The first-order chi connectivity index (χ1) is 10.7. The van der Waals surface area contributed by atoms with Crippen LogP contribution in [-0.2, 0) is 24.2 Å². The molecule has 0 radical (unpaired) electrons. The number of hydrogen-bond donors (Lipinski definition) is 0. The van der Waals surface area contributed by atoms with Gasteiger partial charge in [0.2, 0.25) is 0 Å². The molecule has 0 spiro atoms. The lowest BCUT2D eigenvalue weighted by Gasteiger charge is -2.26. The van der Waals surface area contributed by atoms with E-state index in [4.69, 9.17) is 4.74 Å². The maximum Gasteiger partial charge on any atom is 0.323 e. The van der Waals surface area contributed by atoms with E-state index in [-0.39, 0.29) is 22.4 Å². The Kier molecular flexibility index (Phi) is 6.70. The van der Waals surface area contributed by atoms with Gasteiger partial charge in [-0.3, -0.25) is 9.59 Å². The summed E-state index contributed by atoms with van der Waals surface area (Å²) in [5.41, 5.74) is -1.52. The molecule has 0 saturated heterocycles. The van der Waals surface area contributed by atoms with Crippen LogP contribution in [0.5, 0.6) is 0 Å². The molecule has 0 fully saturated rings. The molecule has 0 aliphatic carbocycles. The Morgan fingerprint density at radius 1 is 1.26 bits per heavy atom. The van der Waals surface area contributed by atoms with Crippen LogP contribution in [0, 0.1) is 5.41 Å². The predicted molar refractivity (Wildman–Crippen MR) is 90.9 cm³/mol. The second-order valence-corrected chi connectivity index (χ2v) is 7.39. The van der Waals surface area contributed by atoms with Gasteiger partial charge in [-0.25, -0.2) is 8.42 Å². The maximum absolute atomic E-state index is 12.5. The highest BCUT2D eigenvalue weighted by Gasteiger charge is 2.43. The van der Waals surface area contributed by atoms with E-state index in [0.717, 1.165) is 5.41 Å². The van der Waals surface area contributed by atoms with Gasteiger partial charge < -0.3 is 4.74 Å². The largest absolute Gasteiger partial charge is 0.465 e. The van der Waals surface area contributed by atoms with Gasteiger partial charge >= 0.3 is 5.97 Å². The molecule has 1 aromatic carbocycles. The molecule has 0 aliphatic rings. The van der Waals surface area contributed by atoms with Crippen LogP contribution in [0.4, 0.5) is 0 Å². The summed E-state index contributed by atoms with van der Waals surface area (Å²) in [6, 6.07) is 7.81. The monoisotopic (exact) mass is 402 g/mol. The standard InChI is InChI=1S/C16H19BrO5S/c1-4-22-15(19)16(3,12(2)18)13(10-17)11-23(20,21)14-8-6-5-7-9-14/h5-9,11H,4,10H2,1-3H3/b13-11+/t16-/m1/s1. The van der Waals surface area contributed by atoms with Gasteiger partial charge in [-0.15, -0.1) is 0 Å². The van der Waals surface area contributed by atoms with E-state index in [0.29, 0.717) is 0 Å². The first-order valence-corrected chi connectivity index (χ1v) is 9.62. The smallest absolute Gasteiger partial charge is 0.323 e. The van der Waals surface area contributed by atoms with E-state index >= 15 is 0 Å². The maximum atomic E-state index is 12.5. The molecule has 1 rings (SSSR count). The molecule has 1 aromatic rings. The second-order valence-electron chi connectivity index (χ2n) is 5.04. The van der Waals surface area contributed by atoms with Crippen LogP contribution in [0.25, 0.3) is 0 Å². The number of halogens is 1. The quantitative estimate of drug-likeness (QED) is 0.398.